The maximum atomic E-state index is 4.86. The number of hydrogen-bond acceptors (Lipinski definition) is 2. The summed E-state index contributed by atoms with van der Waals surface area (Å²) in [4.78, 5) is 4.11. The monoisotopic (exact) mass is 309 g/mol. The van der Waals surface area contributed by atoms with E-state index in [0.29, 0.717) is 0 Å². The number of fused-ring (bicyclic) bond motifs is 1. The van der Waals surface area contributed by atoms with Crippen LogP contribution < -0.4 is 0 Å². The average Bonchev–Trinajstić information content (AvgIpc) is 2.88. The highest BCUT2D eigenvalue weighted by Crippen LogP contribution is 2.36. The standard InChI is InChI=1S/C18H23N3Si/c1-18(2)12-16-15(8-11-22(3,4)5)17(20-21(16)13-18)14-6-9-19-10-7-14/h6-7,9-10H,12-13H2,1-5H3. The highest BCUT2D eigenvalue weighted by Gasteiger charge is 2.33. The zero-order valence-electron chi connectivity index (χ0n) is 14.1. The van der Waals surface area contributed by atoms with Gasteiger partial charge in [0.05, 0.1) is 11.3 Å². The zero-order chi connectivity index (χ0) is 16.0. The van der Waals surface area contributed by atoms with E-state index >= 15 is 0 Å². The smallest absolute Gasteiger partial charge is 0.129 e. The van der Waals surface area contributed by atoms with E-state index in [2.05, 4.69) is 54.6 Å². The molecule has 3 rings (SSSR count). The maximum absolute atomic E-state index is 4.86. The minimum Gasteiger partial charge on any atom is -0.267 e. The van der Waals surface area contributed by atoms with Crippen LogP contribution in [0.4, 0.5) is 0 Å². The topological polar surface area (TPSA) is 30.7 Å². The summed E-state index contributed by atoms with van der Waals surface area (Å²) < 4.78 is 2.16. The van der Waals surface area contributed by atoms with Gasteiger partial charge in [-0.3, -0.25) is 9.67 Å². The summed E-state index contributed by atoms with van der Waals surface area (Å²) in [5, 5.41) is 4.86. The van der Waals surface area contributed by atoms with Crippen molar-refractivity contribution in [1.29, 1.82) is 0 Å². The lowest BCUT2D eigenvalue weighted by atomic mass is 9.90. The van der Waals surface area contributed by atoms with Crippen molar-refractivity contribution in [2.75, 3.05) is 0 Å². The summed E-state index contributed by atoms with van der Waals surface area (Å²) in [6.07, 6.45) is 4.68. The second kappa shape index (κ2) is 5.10. The molecule has 1 aliphatic heterocycles. The van der Waals surface area contributed by atoms with Gasteiger partial charge >= 0.3 is 0 Å². The number of hydrogen-bond donors (Lipinski definition) is 0. The fraction of sp³-hybridized carbons (Fsp3) is 0.444. The van der Waals surface area contributed by atoms with Crippen molar-refractivity contribution in [3.8, 4) is 22.7 Å². The van der Waals surface area contributed by atoms with Gasteiger partial charge in [-0.15, -0.1) is 5.54 Å². The molecule has 0 fully saturated rings. The lowest BCUT2D eigenvalue weighted by Crippen LogP contribution is -2.16. The van der Waals surface area contributed by atoms with Gasteiger partial charge in [0.25, 0.3) is 0 Å². The van der Waals surface area contributed by atoms with Gasteiger partial charge in [-0.2, -0.15) is 5.10 Å². The average molecular weight is 309 g/mol. The molecule has 0 saturated carbocycles. The molecule has 2 aromatic heterocycles. The minimum atomic E-state index is -1.42. The van der Waals surface area contributed by atoms with Gasteiger partial charge in [0.1, 0.15) is 13.8 Å². The molecule has 3 heterocycles. The van der Waals surface area contributed by atoms with Crippen LogP contribution in [0, 0.1) is 16.9 Å². The fourth-order valence-electron chi connectivity index (χ4n) is 2.82. The summed E-state index contributed by atoms with van der Waals surface area (Å²) >= 11 is 0. The van der Waals surface area contributed by atoms with E-state index in [1.165, 1.54) is 5.69 Å². The summed E-state index contributed by atoms with van der Waals surface area (Å²) in [6.45, 7) is 12.4. The largest absolute Gasteiger partial charge is 0.267 e. The van der Waals surface area contributed by atoms with Crippen molar-refractivity contribution in [2.24, 2.45) is 5.41 Å². The van der Waals surface area contributed by atoms with E-state index in [1.54, 1.807) is 0 Å². The van der Waals surface area contributed by atoms with Crippen LogP contribution in [0.2, 0.25) is 19.6 Å². The third-order valence-corrected chi connectivity index (χ3v) is 4.67. The van der Waals surface area contributed by atoms with Crippen LogP contribution in [0.3, 0.4) is 0 Å². The molecule has 0 aliphatic carbocycles. The number of nitrogens with zero attached hydrogens (tertiary/aromatic N) is 3. The third-order valence-electron chi connectivity index (χ3n) is 3.80. The predicted molar refractivity (Wildman–Crippen MR) is 93.2 cm³/mol. The first-order valence-corrected chi connectivity index (χ1v) is 11.3. The molecular weight excluding hydrogens is 286 g/mol. The quantitative estimate of drug-likeness (QED) is 0.593. The Morgan fingerprint density at radius 3 is 2.50 bits per heavy atom. The zero-order valence-corrected chi connectivity index (χ0v) is 15.1. The lowest BCUT2D eigenvalue weighted by Gasteiger charge is -2.15. The Balaban J connectivity index is 2.14. The molecule has 1 aliphatic rings. The van der Waals surface area contributed by atoms with E-state index in [-0.39, 0.29) is 5.41 Å². The van der Waals surface area contributed by atoms with Crippen molar-refractivity contribution >= 4 is 8.07 Å². The van der Waals surface area contributed by atoms with Gasteiger partial charge in [-0.1, -0.05) is 39.4 Å². The van der Waals surface area contributed by atoms with E-state index in [4.69, 9.17) is 5.10 Å². The molecule has 0 aromatic carbocycles. The Kier molecular flexibility index (Phi) is 3.49. The van der Waals surface area contributed by atoms with E-state index in [0.717, 1.165) is 29.8 Å². The predicted octanol–water partition coefficient (Wildman–Crippen LogP) is 3.76. The Bertz CT molecular complexity index is 755. The van der Waals surface area contributed by atoms with Gasteiger partial charge in [0.2, 0.25) is 0 Å². The molecule has 0 amide bonds. The van der Waals surface area contributed by atoms with E-state index in [1.807, 2.05) is 24.5 Å². The van der Waals surface area contributed by atoms with Gasteiger partial charge < -0.3 is 0 Å². The first kappa shape index (κ1) is 15.0. The van der Waals surface area contributed by atoms with Gasteiger partial charge in [0, 0.05) is 24.5 Å². The highest BCUT2D eigenvalue weighted by atomic mass is 28.3. The normalized spacial score (nSPS) is 16.0. The minimum absolute atomic E-state index is 0.273. The molecular formula is C18H23N3Si. The molecule has 0 saturated heterocycles. The second-order valence-corrected chi connectivity index (χ2v) is 12.7. The summed E-state index contributed by atoms with van der Waals surface area (Å²) in [6, 6.07) is 4.03. The maximum Gasteiger partial charge on any atom is 0.129 e. The fourth-order valence-corrected chi connectivity index (χ4v) is 3.32. The van der Waals surface area contributed by atoms with Crippen molar-refractivity contribution in [3.63, 3.8) is 0 Å². The van der Waals surface area contributed by atoms with Crippen LogP contribution in [-0.4, -0.2) is 22.8 Å². The van der Waals surface area contributed by atoms with Crippen LogP contribution in [0.1, 0.15) is 25.1 Å². The van der Waals surface area contributed by atoms with Crippen molar-refractivity contribution in [3.05, 3.63) is 35.8 Å². The number of pyridine rings is 1. The highest BCUT2D eigenvalue weighted by molar-refractivity contribution is 6.83. The molecule has 0 spiro atoms. The Morgan fingerprint density at radius 2 is 1.86 bits per heavy atom. The van der Waals surface area contributed by atoms with Gasteiger partial charge in [0.15, 0.2) is 0 Å². The summed E-state index contributed by atoms with van der Waals surface area (Å²) in [7, 11) is -1.42. The lowest BCUT2D eigenvalue weighted by molar-refractivity contribution is 0.347. The third kappa shape index (κ3) is 3.00. The van der Waals surface area contributed by atoms with Crippen LogP contribution in [-0.2, 0) is 13.0 Å². The number of rotatable bonds is 1. The molecule has 0 bridgehead atoms. The molecule has 0 radical (unpaired) electrons. The molecule has 3 nitrogen and oxygen atoms in total. The Morgan fingerprint density at radius 1 is 1.18 bits per heavy atom. The molecule has 22 heavy (non-hydrogen) atoms. The van der Waals surface area contributed by atoms with Gasteiger partial charge in [-0.05, 0) is 24.0 Å². The first-order chi connectivity index (χ1) is 10.3. The molecule has 0 N–H and O–H groups in total. The van der Waals surface area contributed by atoms with Crippen molar-refractivity contribution in [1.82, 2.24) is 14.8 Å². The second-order valence-electron chi connectivity index (χ2n) is 7.90. The van der Waals surface area contributed by atoms with Crippen LogP contribution in [0.5, 0.6) is 0 Å². The molecule has 114 valence electrons. The van der Waals surface area contributed by atoms with Gasteiger partial charge in [-0.25, -0.2) is 0 Å². The number of aromatic nitrogens is 3. The molecule has 0 atom stereocenters. The SMILES string of the molecule is CC1(C)Cc2c(C#C[Si](C)(C)C)c(-c3ccncc3)nn2C1. The Hall–Kier alpha value is -1.86. The molecule has 4 heteroatoms. The first-order valence-electron chi connectivity index (χ1n) is 7.78. The van der Waals surface area contributed by atoms with Crippen LogP contribution in [0.15, 0.2) is 24.5 Å². The van der Waals surface area contributed by atoms with Crippen molar-refractivity contribution in [2.45, 2.75) is 46.5 Å². The molecule has 0 unspecified atom stereocenters. The van der Waals surface area contributed by atoms with E-state index < -0.39 is 8.07 Å². The van der Waals surface area contributed by atoms with Crippen LogP contribution >= 0.6 is 0 Å². The molecule has 2 aromatic rings. The van der Waals surface area contributed by atoms with Crippen molar-refractivity contribution < 1.29 is 0 Å². The van der Waals surface area contributed by atoms with E-state index in [9.17, 15) is 0 Å². The van der Waals surface area contributed by atoms with Crippen LogP contribution in [0.25, 0.3) is 11.3 Å². The summed E-state index contributed by atoms with van der Waals surface area (Å²) in [5.41, 5.74) is 8.32. The Labute approximate surface area is 133 Å². The summed E-state index contributed by atoms with van der Waals surface area (Å²) in [5.74, 6) is 3.48.